The van der Waals surface area contributed by atoms with Crippen LogP contribution in [0.5, 0.6) is 0 Å². The van der Waals surface area contributed by atoms with E-state index in [1.54, 1.807) is 28.8 Å². The molecule has 3 rings (SSSR count). The van der Waals surface area contributed by atoms with E-state index in [1.165, 1.54) is 17.8 Å². The molecule has 0 radical (unpaired) electrons. The molecule has 114 valence electrons. The van der Waals surface area contributed by atoms with Gasteiger partial charge in [-0.25, -0.2) is 4.39 Å². The second-order valence-corrected chi connectivity index (χ2v) is 6.59. The number of nitrogens with zero attached hydrogens (tertiary/aromatic N) is 3. The van der Waals surface area contributed by atoms with Gasteiger partial charge in [0.25, 0.3) is 0 Å². The Morgan fingerprint density at radius 1 is 1.32 bits per heavy atom. The number of hydrogen-bond acceptors (Lipinski definition) is 4. The number of halogens is 3. The predicted octanol–water partition coefficient (Wildman–Crippen LogP) is 4.92. The number of rotatable bonds is 4. The van der Waals surface area contributed by atoms with Gasteiger partial charge in [0.05, 0.1) is 0 Å². The van der Waals surface area contributed by atoms with Gasteiger partial charge < -0.3 is 8.98 Å². The molecule has 8 heteroatoms. The predicted molar refractivity (Wildman–Crippen MR) is 87.4 cm³/mol. The Hall–Kier alpha value is -1.31. The first kappa shape index (κ1) is 15.6. The molecule has 0 unspecified atom stereocenters. The standard InChI is InChI=1S/C14H10BrClFN3OS/c1-20-13(11-5-6-12(15)21-11)18-19-14(20)22-7-8-9(16)3-2-4-10(8)17/h2-6H,7H2,1H3. The van der Waals surface area contributed by atoms with Crippen molar-refractivity contribution in [1.29, 1.82) is 0 Å². The number of hydrogen-bond donors (Lipinski definition) is 0. The highest BCUT2D eigenvalue weighted by atomic mass is 79.9. The Morgan fingerprint density at radius 3 is 2.82 bits per heavy atom. The summed E-state index contributed by atoms with van der Waals surface area (Å²) in [6.45, 7) is 0. The summed E-state index contributed by atoms with van der Waals surface area (Å²) >= 11 is 10.6. The molecule has 2 heterocycles. The molecule has 3 aromatic rings. The van der Waals surface area contributed by atoms with Gasteiger partial charge >= 0.3 is 0 Å². The summed E-state index contributed by atoms with van der Waals surface area (Å²) < 4.78 is 21.7. The number of aromatic nitrogens is 3. The molecule has 0 saturated heterocycles. The first-order chi connectivity index (χ1) is 10.6. The molecule has 0 aliphatic heterocycles. The summed E-state index contributed by atoms with van der Waals surface area (Å²) in [6.07, 6.45) is 0. The highest BCUT2D eigenvalue weighted by Crippen LogP contribution is 2.30. The minimum atomic E-state index is -0.322. The third kappa shape index (κ3) is 3.06. The minimum absolute atomic E-state index is 0.322. The molecular formula is C14H10BrClFN3OS. The summed E-state index contributed by atoms with van der Waals surface area (Å²) in [5.41, 5.74) is 0.458. The maximum absolute atomic E-state index is 13.8. The molecule has 0 N–H and O–H groups in total. The lowest BCUT2D eigenvalue weighted by Gasteiger charge is -2.05. The second kappa shape index (κ2) is 6.44. The van der Waals surface area contributed by atoms with Gasteiger partial charge in [0.2, 0.25) is 0 Å². The van der Waals surface area contributed by atoms with Crippen LogP contribution < -0.4 is 0 Å². The molecule has 0 fully saturated rings. The third-order valence-corrected chi connectivity index (χ3v) is 4.86. The van der Waals surface area contributed by atoms with Crippen LogP contribution >= 0.6 is 39.3 Å². The Morgan fingerprint density at radius 2 is 2.14 bits per heavy atom. The van der Waals surface area contributed by atoms with Crippen molar-refractivity contribution in [3.8, 4) is 11.6 Å². The third-order valence-electron chi connectivity index (χ3n) is 3.04. The highest BCUT2D eigenvalue weighted by molar-refractivity contribution is 9.10. The van der Waals surface area contributed by atoms with E-state index in [0.717, 1.165) is 0 Å². The Balaban J connectivity index is 1.81. The first-order valence-electron chi connectivity index (χ1n) is 6.27. The number of benzene rings is 1. The second-order valence-electron chi connectivity index (χ2n) is 4.46. The van der Waals surface area contributed by atoms with Gasteiger partial charge in [-0.05, 0) is 40.2 Å². The van der Waals surface area contributed by atoms with Crippen molar-refractivity contribution in [3.63, 3.8) is 0 Å². The maximum atomic E-state index is 13.8. The summed E-state index contributed by atoms with van der Waals surface area (Å²) in [5, 5.41) is 9.28. The van der Waals surface area contributed by atoms with Crippen LogP contribution in [0.3, 0.4) is 0 Å². The fraction of sp³-hybridized carbons (Fsp3) is 0.143. The van der Waals surface area contributed by atoms with Crippen molar-refractivity contribution in [2.75, 3.05) is 0 Å². The van der Waals surface area contributed by atoms with Crippen LogP contribution in [0.25, 0.3) is 11.6 Å². The Bertz CT molecular complexity index is 800. The van der Waals surface area contributed by atoms with Crippen LogP contribution in [0.4, 0.5) is 4.39 Å². The highest BCUT2D eigenvalue weighted by Gasteiger charge is 2.15. The average Bonchev–Trinajstić information content (AvgIpc) is 3.05. The van der Waals surface area contributed by atoms with Crippen molar-refractivity contribution in [2.24, 2.45) is 7.05 Å². The van der Waals surface area contributed by atoms with Crippen molar-refractivity contribution < 1.29 is 8.81 Å². The zero-order valence-corrected chi connectivity index (χ0v) is 14.5. The van der Waals surface area contributed by atoms with Gasteiger partial charge in [-0.2, -0.15) is 0 Å². The van der Waals surface area contributed by atoms with Gasteiger partial charge in [-0.15, -0.1) is 10.2 Å². The molecule has 22 heavy (non-hydrogen) atoms. The molecule has 0 spiro atoms. The van der Waals surface area contributed by atoms with E-state index in [4.69, 9.17) is 16.0 Å². The summed E-state index contributed by atoms with van der Waals surface area (Å²) in [7, 11) is 1.83. The average molecular weight is 403 g/mol. The lowest BCUT2D eigenvalue weighted by atomic mass is 10.2. The molecule has 0 atom stereocenters. The molecular weight excluding hydrogens is 393 g/mol. The van der Waals surface area contributed by atoms with E-state index in [-0.39, 0.29) is 5.82 Å². The normalized spacial score (nSPS) is 11.1. The van der Waals surface area contributed by atoms with Gasteiger partial charge in [0.15, 0.2) is 21.4 Å². The van der Waals surface area contributed by atoms with E-state index in [1.807, 2.05) is 7.05 Å². The molecule has 1 aromatic carbocycles. The zero-order valence-electron chi connectivity index (χ0n) is 11.4. The lowest BCUT2D eigenvalue weighted by molar-refractivity contribution is 0.547. The van der Waals surface area contributed by atoms with Crippen LogP contribution in [0, 0.1) is 5.82 Å². The first-order valence-corrected chi connectivity index (χ1v) is 8.42. The zero-order chi connectivity index (χ0) is 15.7. The largest absolute Gasteiger partial charge is 0.446 e. The molecule has 0 amide bonds. The van der Waals surface area contributed by atoms with Crippen molar-refractivity contribution in [1.82, 2.24) is 14.8 Å². The van der Waals surface area contributed by atoms with E-state index in [2.05, 4.69) is 26.1 Å². The van der Waals surface area contributed by atoms with Crippen molar-refractivity contribution in [2.45, 2.75) is 10.9 Å². The summed E-state index contributed by atoms with van der Waals surface area (Å²) in [5.74, 6) is 1.27. The fourth-order valence-electron chi connectivity index (χ4n) is 1.90. The van der Waals surface area contributed by atoms with Gasteiger partial charge in [-0.1, -0.05) is 29.4 Å². The van der Waals surface area contributed by atoms with E-state index in [0.29, 0.717) is 37.7 Å². The van der Waals surface area contributed by atoms with Crippen molar-refractivity contribution in [3.05, 3.63) is 51.4 Å². The number of thioether (sulfide) groups is 1. The number of furan rings is 1. The smallest absolute Gasteiger partial charge is 0.200 e. The quantitative estimate of drug-likeness (QED) is 0.581. The maximum Gasteiger partial charge on any atom is 0.200 e. The van der Waals surface area contributed by atoms with Gasteiger partial charge in [0, 0.05) is 23.4 Å². The van der Waals surface area contributed by atoms with Gasteiger partial charge in [0.1, 0.15) is 5.82 Å². The molecule has 0 saturated carbocycles. The lowest BCUT2D eigenvalue weighted by Crippen LogP contribution is -1.95. The van der Waals surface area contributed by atoms with Crippen LogP contribution in [-0.2, 0) is 12.8 Å². The van der Waals surface area contributed by atoms with Crippen LogP contribution in [-0.4, -0.2) is 14.8 Å². The topological polar surface area (TPSA) is 43.9 Å². The summed E-state index contributed by atoms with van der Waals surface area (Å²) in [4.78, 5) is 0. The van der Waals surface area contributed by atoms with Crippen LogP contribution in [0.15, 0.2) is 44.6 Å². The SMILES string of the molecule is Cn1c(SCc2c(F)cccc2Cl)nnc1-c1ccc(Br)o1. The molecule has 0 aliphatic rings. The molecule has 0 aliphatic carbocycles. The van der Waals surface area contributed by atoms with E-state index < -0.39 is 0 Å². The molecule has 0 bridgehead atoms. The molecule has 2 aromatic heterocycles. The Kier molecular flexibility index (Phi) is 4.56. The van der Waals surface area contributed by atoms with E-state index >= 15 is 0 Å². The van der Waals surface area contributed by atoms with Gasteiger partial charge in [-0.3, -0.25) is 0 Å². The summed E-state index contributed by atoms with van der Waals surface area (Å²) in [6, 6.07) is 8.24. The fourth-order valence-corrected chi connectivity index (χ4v) is 3.46. The Labute approximate surface area is 143 Å². The van der Waals surface area contributed by atoms with Crippen LogP contribution in [0.1, 0.15) is 5.56 Å². The molecule has 4 nitrogen and oxygen atoms in total. The van der Waals surface area contributed by atoms with Crippen LogP contribution in [0.2, 0.25) is 5.02 Å². The van der Waals surface area contributed by atoms with Crippen molar-refractivity contribution >= 4 is 39.3 Å². The van der Waals surface area contributed by atoms with E-state index in [9.17, 15) is 4.39 Å². The monoisotopic (exact) mass is 401 g/mol. The minimum Gasteiger partial charge on any atom is -0.446 e.